The molecule has 2 aromatic rings. The minimum absolute atomic E-state index is 0.0353. The minimum atomic E-state index is -0.372. The monoisotopic (exact) mass is 326 g/mol. The second-order valence-corrected chi connectivity index (χ2v) is 6.92. The Hall–Kier alpha value is -2.30. The quantitative estimate of drug-likeness (QED) is 0.861. The first-order valence-corrected chi connectivity index (χ1v) is 8.56. The van der Waals surface area contributed by atoms with E-state index in [1.54, 1.807) is 0 Å². The molecule has 1 aliphatic carbocycles. The smallest absolute Gasteiger partial charge is 0.303 e. The van der Waals surface area contributed by atoms with Crippen LogP contribution in [0.2, 0.25) is 0 Å². The molecule has 0 saturated carbocycles. The van der Waals surface area contributed by atoms with E-state index in [0.717, 1.165) is 28.6 Å². The highest BCUT2D eigenvalue weighted by molar-refractivity contribution is 5.88. The normalized spacial score (nSPS) is 28.8. The van der Waals surface area contributed by atoms with Gasteiger partial charge in [0.05, 0.1) is 11.7 Å². The number of likely N-dealkylation sites (tertiary alicyclic amines) is 1. The van der Waals surface area contributed by atoms with Gasteiger partial charge in [-0.1, -0.05) is 31.5 Å². The van der Waals surface area contributed by atoms with Crippen LogP contribution in [0.3, 0.4) is 0 Å². The number of piperidine rings is 1. The van der Waals surface area contributed by atoms with Crippen molar-refractivity contribution in [3.63, 3.8) is 0 Å². The van der Waals surface area contributed by atoms with Crippen molar-refractivity contribution in [1.82, 2.24) is 9.88 Å². The number of carbonyl (C=O) groups is 2. The zero-order chi connectivity index (χ0) is 17.0. The number of hydrogen-bond donors (Lipinski definition) is 1. The fourth-order valence-electron chi connectivity index (χ4n) is 4.71. The molecular weight excluding hydrogens is 304 g/mol. The largest absolute Gasteiger partial charge is 0.456 e. The second-order valence-electron chi connectivity index (χ2n) is 6.92. The molecule has 1 aliphatic heterocycles. The number of H-pyrrole nitrogens is 1. The van der Waals surface area contributed by atoms with Crippen LogP contribution in [0.4, 0.5) is 0 Å². The molecule has 1 aromatic heterocycles. The minimum Gasteiger partial charge on any atom is -0.456 e. The van der Waals surface area contributed by atoms with Gasteiger partial charge < -0.3 is 14.6 Å². The molecule has 0 radical (unpaired) electrons. The Kier molecular flexibility index (Phi) is 3.41. The van der Waals surface area contributed by atoms with Crippen LogP contribution in [-0.2, 0) is 14.3 Å². The van der Waals surface area contributed by atoms with Gasteiger partial charge in [-0.2, -0.15) is 0 Å². The number of esters is 1. The third kappa shape index (κ3) is 2.00. The fraction of sp³-hybridized carbons (Fsp3) is 0.474. The van der Waals surface area contributed by atoms with Crippen molar-refractivity contribution in [2.45, 2.75) is 38.8 Å². The highest BCUT2D eigenvalue weighted by atomic mass is 16.5. The van der Waals surface area contributed by atoms with Gasteiger partial charge in [-0.3, -0.25) is 9.59 Å². The molecule has 0 spiro atoms. The van der Waals surface area contributed by atoms with Gasteiger partial charge in [-0.05, 0) is 12.0 Å². The van der Waals surface area contributed by atoms with E-state index in [2.05, 4.69) is 18.0 Å². The summed E-state index contributed by atoms with van der Waals surface area (Å²) >= 11 is 0. The van der Waals surface area contributed by atoms with E-state index in [0.29, 0.717) is 12.3 Å². The third-order valence-electron chi connectivity index (χ3n) is 5.69. The summed E-state index contributed by atoms with van der Waals surface area (Å²) in [4.78, 5) is 29.6. The third-order valence-corrected chi connectivity index (χ3v) is 5.69. The van der Waals surface area contributed by atoms with E-state index < -0.39 is 0 Å². The number of nitrogens with one attached hydrogen (secondary N) is 1. The maximum absolute atomic E-state index is 12.5. The number of amides is 1. The van der Waals surface area contributed by atoms with Gasteiger partial charge in [-0.25, -0.2) is 0 Å². The van der Waals surface area contributed by atoms with E-state index in [4.69, 9.17) is 4.74 Å². The van der Waals surface area contributed by atoms with Gasteiger partial charge in [0.2, 0.25) is 5.91 Å². The number of ether oxygens (including phenoxy) is 1. The summed E-state index contributed by atoms with van der Waals surface area (Å²) in [6, 6.07) is 8.15. The summed E-state index contributed by atoms with van der Waals surface area (Å²) in [6.07, 6.45) is 1.01. The summed E-state index contributed by atoms with van der Waals surface area (Å²) in [5, 5.41) is 1.12. The van der Waals surface area contributed by atoms with Crippen molar-refractivity contribution in [3.8, 4) is 0 Å². The zero-order valence-corrected chi connectivity index (χ0v) is 14.2. The standard InChI is InChI=1S/C19H22N2O3/c1-4-11-13-9-15(23)21(3)18(11)16-12-7-5-6-8-14(12)20-17(16)19(13)24-10(2)22/h5-8,11,13,18-20H,4,9H2,1-3H3/t11?,13-,18+,19-/m0/s1. The number of carbonyl (C=O) groups excluding carboxylic acids is 2. The lowest BCUT2D eigenvalue weighted by Crippen LogP contribution is -2.50. The Morgan fingerprint density at radius 3 is 2.83 bits per heavy atom. The number of nitrogens with zero attached hydrogens (tertiary/aromatic N) is 1. The lowest BCUT2D eigenvalue weighted by molar-refractivity contribution is -0.162. The summed E-state index contributed by atoms with van der Waals surface area (Å²) in [5.41, 5.74) is 3.11. The molecule has 24 heavy (non-hydrogen) atoms. The molecule has 5 nitrogen and oxygen atoms in total. The van der Waals surface area contributed by atoms with Gasteiger partial charge in [0.25, 0.3) is 0 Å². The topological polar surface area (TPSA) is 62.4 Å². The number of rotatable bonds is 2. The van der Waals surface area contributed by atoms with Gasteiger partial charge in [-0.15, -0.1) is 0 Å². The molecule has 2 aliphatic rings. The average molecular weight is 326 g/mol. The van der Waals surface area contributed by atoms with Crippen LogP contribution >= 0.6 is 0 Å². The first-order chi connectivity index (χ1) is 11.5. The van der Waals surface area contributed by atoms with Crippen LogP contribution in [0.15, 0.2) is 24.3 Å². The molecular formula is C19H22N2O3. The van der Waals surface area contributed by atoms with E-state index in [1.807, 2.05) is 30.1 Å². The maximum Gasteiger partial charge on any atom is 0.303 e. The molecule has 4 rings (SSSR count). The molecule has 1 amide bonds. The van der Waals surface area contributed by atoms with E-state index in [9.17, 15) is 9.59 Å². The number of fused-ring (bicyclic) bond motifs is 6. The van der Waals surface area contributed by atoms with E-state index >= 15 is 0 Å². The number of aromatic nitrogens is 1. The molecule has 1 unspecified atom stereocenters. The molecule has 1 aromatic carbocycles. The molecule has 1 saturated heterocycles. The Bertz CT molecular complexity index is 825. The summed E-state index contributed by atoms with van der Waals surface area (Å²) in [5.74, 6) is 0.156. The zero-order valence-electron chi connectivity index (χ0n) is 14.2. The van der Waals surface area contributed by atoms with Crippen LogP contribution in [0.1, 0.15) is 50.1 Å². The highest BCUT2D eigenvalue weighted by Gasteiger charge is 2.51. The number of benzene rings is 1. The lowest BCUT2D eigenvalue weighted by Gasteiger charge is -2.49. The predicted molar refractivity (Wildman–Crippen MR) is 90.2 cm³/mol. The average Bonchev–Trinajstić information content (AvgIpc) is 2.93. The Balaban J connectivity index is 1.99. The van der Waals surface area contributed by atoms with Gasteiger partial charge in [0, 0.05) is 42.8 Å². The summed E-state index contributed by atoms with van der Waals surface area (Å²) < 4.78 is 5.71. The molecule has 1 fully saturated rings. The number of hydrogen-bond acceptors (Lipinski definition) is 3. The molecule has 2 bridgehead atoms. The molecule has 5 heteroatoms. The summed E-state index contributed by atoms with van der Waals surface area (Å²) in [6.45, 7) is 3.59. The predicted octanol–water partition coefficient (Wildman–Crippen LogP) is 3.33. The highest BCUT2D eigenvalue weighted by Crippen LogP contribution is 2.55. The van der Waals surface area contributed by atoms with Crippen molar-refractivity contribution in [1.29, 1.82) is 0 Å². The fourth-order valence-corrected chi connectivity index (χ4v) is 4.71. The van der Waals surface area contributed by atoms with Gasteiger partial charge in [0.1, 0.15) is 6.10 Å². The Morgan fingerprint density at radius 1 is 1.38 bits per heavy atom. The molecule has 2 heterocycles. The van der Waals surface area contributed by atoms with Crippen LogP contribution in [0.25, 0.3) is 10.9 Å². The van der Waals surface area contributed by atoms with Crippen LogP contribution in [-0.4, -0.2) is 28.8 Å². The Morgan fingerprint density at radius 2 is 2.12 bits per heavy atom. The number of para-hydroxylation sites is 1. The van der Waals surface area contributed by atoms with Gasteiger partial charge >= 0.3 is 5.97 Å². The van der Waals surface area contributed by atoms with Gasteiger partial charge in [0.15, 0.2) is 0 Å². The summed E-state index contributed by atoms with van der Waals surface area (Å²) in [7, 11) is 1.89. The Labute approximate surface area is 141 Å². The second kappa shape index (κ2) is 5.36. The SMILES string of the molecule is CCC1[C@@H]2CC(=O)N(C)[C@H]1c1c([nH]c3ccccc13)[C@H]2OC(C)=O. The van der Waals surface area contributed by atoms with Crippen molar-refractivity contribution in [3.05, 3.63) is 35.5 Å². The first kappa shape index (κ1) is 15.2. The first-order valence-electron chi connectivity index (χ1n) is 8.56. The number of aromatic amines is 1. The van der Waals surface area contributed by atoms with Crippen molar-refractivity contribution < 1.29 is 14.3 Å². The molecule has 1 N–H and O–H groups in total. The van der Waals surface area contributed by atoms with E-state index in [1.165, 1.54) is 6.92 Å². The molecule has 126 valence electrons. The van der Waals surface area contributed by atoms with Crippen molar-refractivity contribution in [2.75, 3.05) is 7.05 Å². The van der Waals surface area contributed by atoms with E-state index in [-0.39, 0.29) is 29.9 Å². The van der Waals surface area contributed by atoms with Crippen molar-refractivity contribution in [2.24, 2.45) is 11.8 Å². The van der Waals surface area contributed by atoms with Crippen LogP contribution < -0.4 is 0 Å². The van der Waals surface area contributed by atoms with Crippen molar-refractivity contribution >= 4 is 22.8 Å². The van der Waals surface area contributed by atoms with Crippen LogP contribution in [0.5, 0.6) is 0 Å². The maximum atomic E-state index is 12.5. The lowest BCUT2D eigenvalue weighted by atomic mass is 9.67. The van der Waals surface area contributed by atoms with Crippen LogP contribution in [0, 0.1) is 11.8 Å². The molecule has 4 atom stereocenters.